The number of hydrogen-bond acceptors (Lipinski definition) is 5. The molecule has 0 aliphatic heterocycles. The average Bonchev–Trinajstić information content (AvgIpc) is 2.94. The molecule has 0 heterocycles. The van der Waals surface area contributed by atoms with E-state index in [1.54, 1.807) is 31.2 Å². The number of carbonyl (C=O) groups is 2. The van der Waals surface area contributed by atoms with Gasteiger partial charge in [0.05, 0.1) is 11.9 Å². The van der Waals surface area contributed by atoms with Gasteiger partial charge in [-0.2, -0.15) is 0 Å². The molecule has 214 valence electrons. The Morgan fingerprint density at radius 3 is 2.12 bits per heavy atom. The molecule has 2 amide bonds. The van der Waals surface area contributed by atoms with Crippen LogP contribution in [0.3, 0.4) is 0 Å². The molecule has 10 heteroatoms. The van der Waals surface area contributed by atoms with Gasteiger partial charge in [0, 0.05) is 12.6 Å². The number of nitrogens with one attached hydrogen (secondary N) is 1. The third-order valence-corrected chi connectivity index (χ3v) is 7.63. The van der Waals surface area contributed by atoms with E-state index in [0.29, 0.717) is 24.3 Å². The highest BCUT2D eigenvalue weighted by Gasteiger charge is 2.30. The van der Waals surface area contributed by atoms with Crippen LogP contribution in [0.15, 0.2) is 78.9 Å². The highest BCUT2D eigenvalue weighted by molar-refractivity contribution is 7.92. The van der Waals surface area contributed by atoms with E-state index in [0.717, 1.165) is 16.1 Å². The van der Waals surface area contributed by atoms with Crippen LogP contribution in [0.4, 0.5) is 10.1 Å². The fourth-order valence-corrected chi connectivity index (χ4v) is 4.75. The molecule has 0 spiro atoms. The van der Waals surface area contributed by atoms with Gasteiger partial charge in [-0.15, -0.1) is 0 Å². The summed E-state index contributed by atoms with van der Waals surface area (Å²) in [5, 5.41) is 2.87. The summed E-state index contributed by atoms with van der Waals surface area (Å²) in [7, 11) is -3.87. The highest BCUT2D eigenvalue weighted by Crippen LogP contribution is 2.23. The van der Waals surface area contributed by atoms with Gasteiger partial charge in [0.1, 0.15) is 30.8 Å². The number of ether oxygens (including phenoxy) is 1. The van der Waals surface area contributed by atoms with Gasteiger partial charge >= 0.3 is 0 Å². The Morgan fingerprint density at radius 1 is 0.925 bits per heavy atom. The van der Waals surface area contributed by atoms with Gasteiger partial charge in [-0.1, -0.05) is 49.4 Å². The Labute approximate surface area is 235 Å². The zero-order valence-corrected chi connectivity index (χ0v) is 24.0. The predicted molar refractivity (Wildman–Crippen MR) is 154 cm³/mol. The first kappa shape index (κ1) is 30.6. The lowest BCUT2D eigenvalue weighted by molar-refractivity contribution is -0.139. The van der Waals surface area contributed by atoms with Gasteiger partial charge < -0.3 is 15.0 Å². The molecule has 0 aromatic heterocycles. The lowest BCUT2D eigenvalue weighted by Gasteiger charge is -2.32. The number of sulfonamides is 1. The van der Waals surface area contributed by atoms with Gasteiger partial charge in [0.25, 0.3) is 0 Å². The van der Waals surface area contributed by atoms with Crippen molar-refractivity contribution >= 4 is 27.5 Å². The van der Waals surface area contributed by atoms with E-state index in [-0.39, 0.29) is 24.2 Å². The number of anilines is 1. The van der Waals surface area contributed by atoms with Crippen LogP contribution in [0.1, 0.15) is 38.3 Å². The van der Waals surface area contributed by atoms with Gasteiger partial charge in [-0.3, -0.25) is 13.9 Å². The topological polar surface area (TPSA) is 96.0 Å². The molecule has 3 aromatic rings. The zero-order valence-electron chi connectivity index (χ0n) is 23.2. The molecule has 2 atom stereocenters. The van der Waals surface area contributed by atoms with E-state index in [2.05, 4.69) is 5.32 Å². The highest BCUT2D eigenvalue weighted by atomic mass is 32.2. The summed E-state index contributed by atoms with van der Waals surface area (Å²) < 4.78 is 45.8. The first-order valence-corrected chi connectivity index (χ1v) is 14.9. The van der Waals surface area contributed by atoms with Crippen molar-refractivity contribution < 1.29 is 27.1 Å². The van der Waals surface area contributed by atoms with Crippen LogP contribution in [0.2, 0.25) is 0 Å². The molecule has 0 unspecified atom stereocenters. The first-order valence-electron chi connectivity index (χ1n) is 13.1. The standard InChI is InChI=1S/C30H36FN3O5S/c1-5-22(2)32-30(36)23(3)33(19-24-11-13-26(31)14-12-24)29(35)20-34(40(4,37)38)27-15-17-28(18-16-27)39-21-25-9-7-6-8-10-25/h6-18,22-23H,5,19-21H2,1-4H3,(H,32,36)/t22-,23+/m1/s1. The minimum absolute atomic E-state index is 0.00191. The number of nitrogens with zero attached hydrogens (tertiary/aromatic N) is 2. The largest absolute Gasteiger partial charge is 0.489 e. The summed E-state index contributed by atoms with van der Waals surface area (Å²) >= 11 is 0. The predicted octanol–water partition coefficient (Wildman–Crippen LogP) is 4.50. The normalized spacial score (nSPS) is 12.7. The van der Waals surface area contributed by atoms with Crippen LogP contribution in [-0.4, -0.2) is 50.0 Å². The van der Waals surface area contributed by atoms with Crippen LogP contribution in [0, 0.1) is 5.82 Å². The number of hydrogen-bond donors (Lipinski definition) is 1. The van der Waals surface area contributed by atoms with Gasteiger partial charge in [0.15, 0.2) is 0 Å². The summed E-state index contributed by atoms with van der Waals surface area (Å²) in [6, 6.07) is 20.6. The van der Waals surface area contributed by atoms with E-state index in [1.165, 1.54) is 29.2 Å². The van der Waals surface area contributed by atoms with E-state index in [9.17, 15) is 22.4 Å². The third-order valence-electron chi connectivity index (χ3n) is 6.49. The van der Waals surface area contributed by atoms with E-state index in [4.69, 9.17) is 4.74 Å². The summed E-state index contributed by atoms with van der Waals surface area (Å²) in [4.78, 5) is 27.9. The molecule has 0 aliphatic rings. The monoisotopic (exact) mass is 569 g/mol. The maximum absolute atomic E-state index is 13.6. The molecule has 3 aromatic carbocycles. The summed E-state index contributed by atoms with van der Waals surface area (Å²) in [6.45, 7) is 5.20. The lowest BCUT2D eigenvalue weighted by atomic mass is 10.1. The molecular formula is C30H36FN3O5S. The lowest BCUT2D eigenvalue weighted by Crippen LogP contribution is -2.52. The SMILES string of the molecule is CC[C@@H](C)NC(=O)[C@H](C)N(Cc1ccc(F)cc1)C(=O)CN(c1ccc(OCc2ccccc2)cc1)S(C)(=O)=O. The molecule has 8 nitrogen and oxygen atoms in total. The quantitative estimate of drug-likeness (QED) is 0.327. The minimum Gasteiger partial charge on any atom is -0.489 e. The van der Waals surface area contributed by atoms with Crippen LogP contribution < -0.4 is 14.4 Å². The van der Waals surface area contributed by atoms with Crippen molar-refractivity contribution in [2.45, 2.75) is 52.4 Å². The van der Waals surface area contributed by atoms with Crippen LogP contribution in [0.5, 0.6) is 5.75 Å². The van der Waals surface area contributed by atoms with Crippen LogP contribution >= 0.6 is 0 Å². The second-order valence-electron chi connectivity index (χ2n) is 9.68. The van der Waals surface area contributed by atoms with Crippen LogP contribution in [0.25, 0.3) is 0 Å². The van der Waals surface area contributed by atoms with Gasteiger partial charge in [-0.25, -0.2) is 12.8 Å². The number of rotatable bonds is 13. The fourth-order valence-electron chi connectivity index (χ4n) is 3.90. The van der Waals surface area contributed by atoms with E-state index < -0.39 is 34.3 Å². The fraction of sp³-hybridized carbons (Fsp3) is 0.333. The van der Waals surface area contributed by atoms with Gasteiger partial charge in [0.2, 0.25) is 21.8 Å². The molecule has 1 N–H and O–H groups in total. The Kier molecular flexibility index (Phi) is 10.7. The Bertz CT molecular complexity index is 1370. The molecular weight excluding hydrogens is 533 g/mol. The maximum atomic E-state index is 13.6. The smallest absolute Gasteiger partial charge is 0.244 e. The third kappa shape index (κ3) is 8.81. The summed E-state index contributed by atoms with van der Waals surface area (Å²) in [6.07, 6.45) is 1.72. The maximum Gasteiger partial charge on any atom is 0.244 e. The second-order valence-corrected chi connectivity index (χ2v) is 11.6. The van der Waals surface area contributed by atoms with E-state index in [1.807, 2.05) is 44.2 Å². The number of halogens is 1. The summed E-state index contributed by atoms with van der Waals surface area (Å²) in [5.74, 6) is -0.828. The molecule has 0 saturated heterocycles. The number of amides is 2. The molecule has 0 radical (unpaired) electrons. The van der Waals surface area contributed by atoms with Crippen molar-refractivity contribution in [1.82, 2.24) is 10.2 Å². The molecule has 0 fully saturated rings. The minimum atomic E-state index is -3.87. The second kappa shape index (κ2) is 13.9. The molecule has 40 heavy (non-hydrogen) atoms. The molecule has 3 rings (SSSR count). The van der Waals surface area contributed by atoms with Crippen molar-refractivity contribution in [3.05, 3.63) is 95.8 Å². The van der Waals surface area contributed by atoms with Crippen molar-refractivity contribution in [3.8, 4) is 5.75 Å². The number of benzene rings is 3. The van der Waals surface area contributed by atoms with Crippen molar-refractivity contribution in [1.29, 1.82) is 0 Å². The number of carbonyl (C=O) groups excluding carboxylic acids is 2. The van der Waals surface area contributed by atoms with Crippen molar-refractivity contribution in [3.63, 3.8) is 0 Å². The van der Waals surface area contributed by atoms with Crippen LogP contribution in [-0.2, 0) is 32.8 Å². The molecule has 0 saturated carbocycles. The molecule has 0 bridgehead atoms. The van der Waals surface area contributed by atoms with Crippen molar-refractivity contribution in [2.24, 2.45) is 0 Å². The zero-order chi connectivity index (χ0) is 29.3. The first-order chi connectivity index (χ1) is 19.0. The average molecular weight is 570 g/mol. The summed E-state index contributed by atoms with van der Waals surface area (Å²) in [5.41, 5.74) is 1.87. The van der Waals surface area contributed by atoms with Gasteiger partial charge in [-0.05, 0) is 67.8 Å². The Balaban J connectivity index is 1.81. The molecule has 0 aliphatic carbocycles. The van der Waals surface area contributed by atoms with E-state index >= 15 is 0 Å². The van der Waals surface area contributed by atoms with Crippen molar-refractivity contribution in [2.75, 3.05) is 17.1 Å². The Hall–Kier alpha value is -3.92. The Morgan fingerprint density at radius 2 is 1.55 bits per heavy atom.